The van der Waals surface area contributed by atoms with E-state index in [0.717, 1.165) is 38.6 Å². The van der Waals surface area contributed by atoms with Crippen LogP contribution in [0.3, 0.4) is 0 Å². The van der Waals surface area contributed by atoms with Crippen molar-refractivity contribution in [3.05, 3.63) is 35.9 Å². The zero-order chi connectivity index (χ0) is 17.9. The highest BCUT2D eigenvalue weighted by molar-refractivity contribution is 8.12. The van der Waals surface area contributed by atoms with Gasteiger partial charge in [0, 0.05) is 12.1 Å². The number of ether oxygens (including phenoxy) is 1. The number of hydrogen-bond acceptors (Lipinski definition) is 5. The molecule has 1 amide bonds. The second-order valence-electron chi connectivity index (χ2n) is 6.48. The Balaban J connectivity index is 1.82. The topological polar surface area (TPSA) is 76.7 Å². The summed E-state index contributed by atoms with van der Waals surface area (Å²) >= 11 is 1.61. The molecular formula is C19H29N3O2S. The number of thioether (sulfide) groups is 1. The molecule has 1 aromatic rings. The highest BCUT2D eigenvalue weighted by atomic mass is 32.2. The maximum atomic E-state index is 12.2. The number of amides is 1. The van der Waals surface area contributed by atoms with Crippen molar-refractivity contribution in [1.82, 2.24) is 5.32 Å². The highest BCUT2D eigenvalue weighted by Gasteiger charge is 2.18. The Morgan fingerprint density at radius 1 is 1.36 bits per heavy atom. The molecule has 2 rings (SSSR count). The summed E-state index contributed by atoms with van der Waals surface area (Å²) < 4.78 is 5.37. The molecule has 25 heavy (non-hydrogen) atoms. The van der Waals surface area contributed by atoms with Gasteiger partial charge in [0.2, 0.25) is 0 Å². The average molecular weight is 364 g/mol. The van der Waals surface area contributed by atoms with Crippen LogP contribution < -0.4 is 11.1 Å². The van der Waals surface area contributed by atoms with Crippen LogP contribution in [-0.4, -0.2) is 42.1 Å². The monoisotopic (exact) mass is 363 g/mol. The fourth-order valence-electron chi connectivity index (χ4n) is 2.86. The van der Waals surface area contributed by atoms with Gasteiger partial charge in [-0.15, -0.1) is 11.8 Å². The predicted molar refractivity (Wildman–Crippen MR) is 105 cm³/mol. The third kappa shape index (κ3) is 7.92. The molecule has 1 aromatic carbocycles. The van der Waals surface area contributed by atoms with E-state index in [9.17, 15) is 4.79 Å². The lowest BCUT2D eigenvalue weighted by atomic mass is 9.98. The Labute approximate surface area is 154 Å². The molecular weight excluding hydrogens is 334 g/mol. The van der Waals surface area contributed by atoms with Crippen LogP contribution in [0.5, 0.6) is 0 Å². The summed E-state index contributed by atoms with van der Waals surface area (Å²) in [6, 6.07) is 10.4. The molecule has 1 heterocycles. The lowest BCUT2D eigenvalue weighted by molar-refractivity contribution is 0.142. The summed E-state index contributed by atoms with van der Waals surface area (Å²) in [6.45, 7) is 3.25. The maximum Gasteiger partial charge on any atom is 0.407 e. The van der Waals surface area contributed by atoms with Gasteiger partial charge in [0.05, 0.1) is 17.3 Å². The van der Waals surface area contributed by atoms with Gasteiger partial charge in [-0.1, -0.05) is 43.7 Å². The van der Waals surface area contributed by atoms with Crippen molar-refractivity contribution in [2.24, 2.45) is 10.7 Å². The van der Waals surface area contributed by atoms with Crippen LogP contribution in [0.15, 0.2) is 35.3 Å². The van der Waals surface area contributed by atoms with E-state index >= 15 is 0 Å². The van der Waals surface area contributed by atoms with Gasteiger partial charge in [-0.05, 0) is 31.2 Å². The summed E-state index contributed by atoms with van der Waals surface area (Å²) in [7, 11) is 0. The van der Waals surface area contributed by atoms with E-state index in [0.29, 0.717) is 6.61 Å². The van der Waals surface area contributed by atoms with Crippen LogP contribution >= 0.6 is 11.8 Å². The van der Waals surface area contributed by atoms with Crippen molar-refractivity contribution in [3.8, 4) is 0 Å². The minimum Gasteiger partial charge on any atom is -0.448 e. The van der Waals surface area contributed by atoms with Gasteiger partial charge < -0.3 is 15.8 Å². The molecule has 0 aliphatic carbocycles. The fourth-order valence-corrected chi connectivity index (χ4v) is 3.52. The summed E-state index contributed by atoms with van der Waals surface area (Å²) in [6.07, 6.45) is 4.29. The molecule has 0 saturated carbocycles. The van der Waals surface area contributed by atoms with Crippen molar-refractivity contribution in [2.75, 3.05) is 13.2 Å². The second-order valence-corrected chi connectivity index (χ2v) is 7.63. The van der Waals surface area contributed by atoms with E-state index in [1.54, 1.807) is 11.8 Å². The first-order valence-electron chi connectivity index (χ1n) is 9.04. The summed E-state index contributed by atoms with van der Waals surface area (Å²) in [5.41, 5.74) is 9.16. The van der Waals surface area contributed by atoms with Gasteiger partial charge in [-0.2, -0.15) is 0 Å². The van der Waals surface area contributed by atoms with E-state index < -0.39 is 0 Å². The van der Waals surface area contributed by atoms with Crippen LogP contribution in [-0.2, 0) is 11.2 Å². The minimum atomic E-state index is -0.350. The van der Waals surface area contributed by atoms with Crippen LogP contribution in [0.1, 0.15) is 38.2 Å². The molecule has 3 atom stereocenters. The van der Waals surface area contributed by atoms with Crippen LogP contribution in [0.2, 0.25) is 0 Å². The number of alkyl carbamates (subject to hydrolysis) is 1. The smallest absolute Gasteiger partial charge is 0.407 e. The molecule has 0 radical (unpaired) electrons. The quantitative estimate of drug-likeness (QED) is 0.668. The predicted octanol–water partition coefficient (Wildman–Crippen LogP) is 3.38. The van der Waals surface area contributed by atoms with Crippen molar-refractivity contribution in [3.63, 3.8) is 0 Å². The average Bonchev–Trinajstić information content (AvgIpc) is 3.13. The van der Waals surface area contributed by atoms with E-state index in [1.165, 1.54) is 5.56 Å². The molecule has 0 fully saturated rings. The molecule has 1 unspecified atom stereocenters. The Morgan fingerprint density at radius 2 is 2.16 bits per heavy atom. The number of carbonyl (C=O) groups excluding carboxylic acids is 1. The lowest BCUT2D eigenvalue weighted by Gasteiger charge is -2.21. The number of nitrogens with two attached hydrogens (primary N) is 1. The number of benzene rings is 1. The summed E-state index contributed by atoms with van der Waals surface area (Å²) in [5.74, 6) is 0. The van der Waals surface area contributed by atoms with Crippen LogP contribution in [0.25, 0.3) is 0 Å². The molecule has 0 bridgehead atoms. The van der Waals surface area contributed by atoms with Gasteiger partial charge in [-0.25, -0.2) is 4.79 Å². The molecule has 1 aliphatic heterocycles. The zero-order valence-corrected chi connectivity index (χ0v) is 15.7. The fraction of sp³-hybridized carbons (Fsp3) is 0.579. The zero-order valence-electron chi connectivity index (χ0n) is 14.9. The molecule has 3 N–H and O–H groups in total. The molecule has 5 nitrogen and oxygen atoms in total. The number of nitrogens with zero attached hydrogens (tertiary/aromatic N) is 1. The molecule has 0 saturated heterocycles. The summed E-state index contributed by atoms with van der Waals surface area (Å²) in [4.78, 5) is 16.3. The van der Waals surface area contributed by atoms with Gasteiger partial charge in [0.1, 0.15) is 6.61 Å². The number of nitrogens with one attached hydrogen (secondary N) is 1. The Hall–Kier alpha value is -1.53. The number of aliphatic imine (C=N–C) groups is 1. The van der Waals surface area contributed by atoms with E-state index in [1.807, 2.05) is 23.7 Å². The largest absolute Gasteiger partial charge is 0.448 e. The van der Waals surface area contributed by atoms with Gasteiger partial charge in [-0.3, -0.25) is 4.99 Å². The lowest BCUT2D eigenvalue weighted by Crippen LogP contribution is -2.39. The molecule has 6 heteroatoms. The highest BCUT2D eigenvalue weighted by Crippen LogP contribution is 2.15. The molecule has 0 spiro atoms. The third-order valence-electron chi connectivity index (χ3n) is 4.23. The van der Waals surface area contributed by atoms with Crippen LogP contribution in [0, 0.1) is 0 Å². The standard InChI is InChI=1S/C19H29N3O2S/c1-2-6-16(20)9-10-17(11-15-7-4-3-5-8-15)22-19(23)24-13-18-12-21-14-25-18/h3-5,7-8,14,16-18H,2,6,9-13,20H2,1H3,(H,22,23)/t16-,17+,18?/m0/s1. The first-order chi connectivity index (χ1) is 12.2. The van der Waals surface area contributed by atoms with E-state index in [-0.39, 0.29) is 23.4 Å². The van der Waals surface area contributed by atoms with Gasteiger partial charge in [0.15, 0.2) is 0 Å². The van der Waals surface area contributed by atoms with Crippen molar-refractivity contribution in [1.29, 1.82) is 0 Å². The number of hydrogen-bond donors (Lipinski definition) is 2. The van der Waals surface area contributed by atoms with Gasteiger partial charge in [0.25, 0.3) is 0 Å². The molecule has 138 valence electrons. The maximum absolute atomic E-state index is 12.2. The normalized spacial score (nSPS) is 18.7. The van der Waals surface area contributed by atoms with Crippen molar-refractivity contribution < 1.29 is 9.53 Å². The number of carbonyl (C=O) groups is 1. The first kappa shape index (κ1) is 19.8. The second kappa shape index (κ2) is 11.2. The Bertz CT molecular complexity index is 531. The van der Waals surface area contributed by atoms with Gasteiger partial charge >= 0.3 is 6.09 Å². The van der Waals surface area contributed by atoms with E-state index in [2.05, 4.69) is 29.4 Å². The Morgan fingerprint density at radius 3 is 2.84 bits per heavy atom. The SMILES string of the molecule is CCC[C@H](N)CC[C@H](Cc1ccccc1)NC(=O)OCC1CN=CS1. The Kier molecular flexibility index (Phi) is 8.83. The van der Waals surface area contributed by atoms with E-state index in [4.69, 9.17) is 10.5 Å². The van der Waals surface area contributed by atoms with Crippen LogP contribution in [0.4, 0.5) is 4.79 Å². The van der Waals surface area contributed by atoms with Crippen molar-refractivity contribution >= 4 is 23.4 Å². The molecule has 1 aliphatic rings. The van der Waals surface area contributed by atoms with Crippen molar-refractivity contribution in [2.45, 2.75) is 56.4 Å². The first-order valence-corrected chi connectivity index (χ1v) is 9.98. The minimum absolute atomic E-state index is 0.0327. The summed E-state index contributed by atoms with van der Waals surface area (Å²) in [5, 5.41) is 3.27. The molecule has 0 aromatic heterocycles. The number of rotatable bonds is 10. The third-order valence-corrected chi connectivity index (χ3v) is 5.17.